The van der Waals surface area contributed by atoms with E-state index in [0.717, 1.165) is 0 Å². The lowest BCUT2D eigenvalue weighted by molar-refractivity contribution is 0.0948. The van der Waals surface area contributed by atoms with Gasteiger partial charge in [0.05, 0.1) is 16.6 Å². The van der Waals surface area contributed by atoms with E-state index in [1.165, 1.54) is 12.4 Å². The van der Waals surface area contributed by atoms with Gasteiger partial charge in [0.25, 0.3) is 5.91 Å². The number of carbonyl (C=O) groups excluding carboxylic acids is 1. The molecule has 4 heteroatoms. The van der Waals surface area contributed by atoms with Crippen LogP contribution in [0, 0.1) is 12.3 Å². The first-order valence-electron chi connectivity index (χ1n) is 4.01. The summed E-state index contributed by atoms with van der Waals surface area (Å²) in [5, 5.41) is 2.95. The van der Waals surface area contributed by atoms with Gasteiger partial charge in [-0.1, -0.05) is 17.5 Å². The number of nitrogens with one attached hydrogen (secondary N) is 1. The molecule has 0 aliphatic heterocycles. The van der Waals surface area contributed by atoms with E-state index >= 15 is 0 Å². The van der Waals surface area contributed by atoms with Crippen molar-refractivity contribution in [1.29, 1.82) is 0 Å². The Labute approximate surface area is 87.5 Å². The molecule has 72 valence electrons. The highest BCUT2D eigenvalue weighted by molar-refractivity contribution is 6.33. The second kappa shape index (κ2) is 4.64. The van der Waals surface area contributed by atoms with E-state index < -0.39 is 0 Å². The predicted molar refractivity (Wildman–Crippen MR) is 55.0 cm³/mol. The van der Waals surface area contributed by atoms with Crippen molar-refractivity contribution in [3.63, 3.8) is 0 Å². The van der Waals surface area contributed by atoms with Crippen LogP contribution in [0.1, 0.15) is 17.3 Å². The highest BCUT2D eigenvalue weighted by Gasteiger charge is 2.11. The summed E-state index contributed by atoms with van der Waals surface area (Å²) in [4.78, 5) is 15.3. The van der Waals surface area contributed by atoms with Crippen molar-refractivity contribution < 1.29 is 4.79 Å². The van der Waals surface area contributed by atoms with E-state index in [1.807, 2.05) is 0 Å². The number of rotatable bonds is 2. The molecule has 1 unspecified atom stereocenters. The van der Waals surface area contributed by atoms with Gasteiger partial charge in [-0.25, -0.2) is 0 Å². The number of nitrogens with zero attached hydrogens (tertiary/aromatic N) is 1. The lowest BCUT2D eigenvalue weighted by atomic mass is 10.2. The second-order valence-electron chi connectivity index (χ2n) is 2.72. The van der Waals surface area contributed by atoms with Crippen LogP contribution in [0.5, 0.6) is 0 Å². The Morgan fingerprint density at radius 2 is 2.50 bits per heavy atom. The Hall–Kier alpha value is -1.53. The maximum Gasteiger partial charge on any atom is 0.255 e. The van der Waals surface area contributed by atoms with Crippen molar-refractivity contribution in [2.24, 2.45) is 0 Å². The number of hydrogen-bond donors (Lipinski definition) is 1. The summed E-state index contributed by atoms with van der Waals surface area (Å²) in [7, 11) is 0. The van der Waals surface area contributed by atoms with E-state index in [4.69, 9.17) is 18.0 Å². The highest BCUT2D eigenvalue weighted by Crippen LogP contribution is 2.12. The van der Waals surface area contributed by atoms with E-state index in [0.29, 0.717) is 10.6 Å². The second-order valence-corrected chi connectivity index (χ2v) is 3.12. The van der Waals surface area contributed by atoms with Gasteiger partial charge in [0.15, 0.2) is 0 Å². The van der Waals surface area contributed by atoms with E-state index in [2.05, 4.69) is 16.2 Å². The van der Waals surface area contributed by atoms with E-state index in [-0.39, 0.29) is 11.9 Å². The van der Waals surface area contributed by atoms with Crippen molar-refractivity contribution in [3.05, 3.63) is 29.0 Å². The highest BCUT2D eigenvalue weighted by atomic mass is 35.5. The quantitative estimate of drug-likeness (QED) is 0.749. The van der Waals surface area contributed by atoms with Crippen molar-refractivity contribution in [2.45, 2.75) is 13.0 Å². The van der Waals surface area contributed by atoms with Gasteiger partial charge in [0, 0.05) is 12.4 Å². The summed E-state index contributed by atoms with van der Waals surface area (Å²) in [5.41, 5.74) is 0.330. The number of terminal acetylenes is 1. The molecule has 1 amide bonds. The number of carbonyl (C=O) groups is 1. The standard InChI is InChI=1S/C10H9ClN2O/c1-3-7(2)13-10(14)8-6-12-5-4-9(8)11/h1,4-7H,2H3,(H,13,14). The molecule has 1 aromatic rings. The Kier molecular flexibility index (Phi) is 3.49. The molecule has 1 heterocycles. The predicted octanol–water partition coefficient (Wildman–Crippen LogP) is 1.49. The van der Waals surface area contributed by atoms with Crippen LogP contribution in [-0.4, -0.2) is 16.9 Å². The zero-order chi connectivity index (χ0) is 10.6. The molecule has 1 rings (SSSR count). The minimum Gasteiger partial charge on any atom is -0.339 e. The van der Waals surface area contributed by atoms with Crippen LogP contribution in [0.15, 0.2) is 18.5 Å². The molecule has 0 fully saturated rings. The Balaban J connectivity index is 2.81. The lowest BCUT2D eigenvalue weighted by Crippen LogP contribution is -2.31. The van der Waals surface area contributed by atoms with Gasteiger partial charge in [0.1, 0.15) is 0 Å². The number of amides is 1. The summed E-state index contributed by atoms with van der Waals surface area (Å²) in [6.07, 6.45) is 8.04. The first-order chi connectivity index (χ1) is 6.65. The summed E-state index contributed by atoms with van der Waals surface area (Å²) < 4.78 is 0. The molecule has 0 spiro atoms. The van der Waals surface area contributed by atoms with Crippen molar-refractivity contribution in [3.8, 4) is 12.3 Å². The largest absolute Gasteiger partial charge is 0.339 e. The SMILES string of the molecule is C#CC(C)NC(=O)c1cnccc1Cl. The van der Waals surface area contributed by atoms with Gasteiger partial charge in [0.2, 0.25) is 0 Å². The molecular formula is C10H9ClN2O. The zero-order valence-electron chi connectivity index (χ0n) is 7.62. The molecule has 14 heavy (non-hydrogen) atoms. The van der Waals surface area contributed by atoms with Crippen LogP contribution < -0.4 is 5.32 Å². The molecule has 0 aromatic carbocycles. The number of halogens is 1. The zero-order valence-corrected chi connectivity index (χ0v) is 8.38. The van der Waals surface area contributed by atoms with Crippen LogP contribution in [0.25, 0.3) is 0 Å². The molecule has 3 nitrogen and oxygen atoms in total. The monoisotopic (exact) mass is 208 g/mol. The van der Waals surface area contributed by atoms with Gasteiger partial charge in [-0.2, -0.15) is 0 Å². The topological polar surface area (TPSA) is 42.0 Å². The molecule has 0 bridgehead atoms. The van der Waals surface area contributed by atoms with Gasteiger partial charge in [-0.15, -0.1) is 6.42 Å². The van der Waals surface area contributed by atoms with Crippen LogP contribution in [0.3, 0.4) is 0 Å². The number of aromatic nitrogens is 1. The maximum absolute atomic E-state index is 11.5. The fourth-order valence-electron chi connectivity index (χ4n) is 0.861. The Morgan fingerprint density at radius 3 is 3.07 bits per heavy atom. The minimum absolute atomic E-state index is 0.312. The molecule has 1 N–H and O–H groups in total. The Bertz CT molecular complexity index is 384. The average molecular weight is 209 g/mol. The fraction of sp³-hybridized carbons (Fsp3) is 0.200. The van der Waals surface area contributed by atoms with Crippen LogP contribution in [0.2, 0.25) is 5.02 Å². The molecule has 0 aliphatic carbocycles. The molecule has 0 radical (unpaired) electrons. The maximum atomic E-state index is 11.5. The summed E-state index contributed by atoms with van der Waals surface area (Å²) >= 11 is 5.79. The molecular weight excluding hydrogens is 200 g/mol. The number of hydrogen-bond acceptors (Lipinski definition) is 2. The molecule has 0 saturated carbocycles. The van der Waals surface area contributed by atoms with Gasteiger partial charge in [-0.05, 0) is 13.0 Å². The van der Waals surface area contributed by atoms with Crippen LogP contribution in [-0.2, 0) is 0 Å². The van der Waals surface area contributed by atoms with E-state index in [1.54, 1.807) is 13.0 Å². The first-order valence-corrected chi connectivity index (χ1v) is 4.39. The summed E-state index contributed by atoms with van der Waals surface area (Å²) in [6, 6.07) is 1.23. The summed E-state index contributed by atoms with van der Waals surface area (Å²) in [6.45, 7) is 1.71. The average Bonchev–Trinajstić information content (AvgIpc) is 2.18. The number of pyridine rings is 1. The van der Waals surface area contributed by atoms with Gasteiger partial charge in [-0.3, -0.25) is 9.78 Å². The van der Waals surface area contributed by atoms with Gasteiger partial charge >= 0.3 is 0 Å². The van der Waals surface area contributed by atoms with Crippen molar-refractivity contribution >= 4 is 17.5 Å². The molecule has 0 saturated heterocycles. The first kappa shape index (κ1) is 10.6. The van der Waals surface area contributed by atoms with E-state index in [9.17, 15) is 4.79 Å². The normalized spacial score (nSPS) is 11.5. The third kappa shape index (κ3) is 2.48. The minimum atomic E-state index is -0.321. The van der Waals surface area contributed by atoms with Crippen LogP contribution in [0.4, 0.5) is 0 Å². The summed E-state index contributed by atoms with van der Waals surface area (Å²) in [5.74, 6) is 2.08. The smallest absolute Gasteiger partial charge is 0.255 e. The third-order valence-electron chi connectivity index (χ3n) is 1.61. The van der Waals surface area contributed by atoms with Crippen molar-refractivity contribution in [2.75, 3.05) is 0 Å². The third-order valence-corrected chi connectivity index (χ3v) is 1.94. The van der Waals surface area contributed by atoms with Gasteiger partial charge < -0.3 is 5.32 Å². The lowest BCUT2D eigenvalue weighted by Gasteiger charge is -2.07. The van der Waals surface area contributed by atoms with Crippen LogP contribution >= 0.6 is 11.6 Å². The molecule has 1 aromatic heterocycles. The van der Waals surface area contributed by atoms with Crippen molar-refractivity contribution in [1.82, 2.24) is 10.3 Å². The molecule has 1 atom stereocenters. The molecule has 0 aliphatic rings. The Morgan fingerprint density at radius 1 is 1.79 bits per heavy atom. The fourth-order valence-corrected chi connectivity index (χ4v) is 1.05.